The van der Waals surface area contributed by atoms with Crippen LogP contribution in [0.2, 0.25) is 0 Å². The highest BCUT2D eigenvalue weighted by molar-refractivity contribution is 8.76. The first-order chi connectivity index (χ1) is 12.6. The number of aromatic nitrogens is 1. The van der Waals surface area contributed by atoms with Gasteiger partial charge in [-0.2, -0.15) is 8.42 Å². The zero-order chi connectivity index (χ0) is 20.2. The molecule has 0 saturated carbocycles. The third-order valence-corrected chi connectivity index (χ3v) is 7.31. The summed E-state index contributed by atoms with van der Waals surface area (Å²) < 4.78 is 33.7. The van der Waals surface area contributed by atoms with Crippen LogP contribution in [-0.2, 0) is 19.8 Å². The van der Waals surface area contributed by atoms with Gasteiger partial charge in [0.05, 0.1) is 5.75 Å². The van der Waals surface area contributed by atoms with Crippen LogP contribution in [0.4, 0.5) is 5.69 Å². The molecule has 11 nitrogen and oxygen atoms in total. The number of azide groups is 1. The van der Waals surface area contributed by atoms with Crippen molar-refractivity contribution in [1.29, 1.82) is 0 Å². The Morgan fingerprint density at radius 1 is 1.19 bits per heavy atom. The lowest BCUT2D eigenvalue weighted by molar-refractivity contribution is -0.142. The van der Waals surface area contributed by atoms with Crippen molar-refractivity contribution in [3.63, 3.8) is 0 Å². The Morgan fingerprint density at radius 2 is 1.74 bits per heavy atom. The van der Waals surface area contributed by atoms with Crippen LogP contribution in [0.5, 0.6) is 11.8 Å². The maximum Gasteiger partial charge on any atom is 0.349 e. The normalized spacial score (nSPS) is 13.5. The third kappa shape index (κ3) is 4.09. The van der Waals surface area contributed by atoms with Crippen LogP contribution < -0.4 is 0 Å². The van der Waals surface area contributed by atoms with E-state index in [0.29, 0.717) is 10.6 Å². The summed E-state index contributed by atoms with van der Waals surface area (Å²) in [7, 11) is -3.57. The number of aromatic hydroxyl groups is 2. The summed E-state index contributed by atoms with van der Waals surface area (Å²) in [6, 6.07) is 7.90. The molecule has 1 heterocycles. The molecular formula is C13H12N4O7S3. The molecule has 4 N–H and O–H groups in total. The van der Waals surface area contributed by atoms with E-state index >= 15 is 0 Å². The van der Waals surface area contributed by atoms with E-state index in [1.54, 1.807) is 12.1 Å². The number of aliphatic carboxylic acids is 1. The molecule has 0 saturated heterocycles. The van der Waals surface area contributed by atoms with Crippen molar-refractivity contribution in [3.05, 3.63) is 46.8 Å². The van der Waals surface area contributed by atoms with Gasteiger partial charge in [-0.05, 0) is 17.7 Å². The number of rotatable bonds is 8. The first-order valence-corrected chi connectivity index (χ1v) is 10.6. The predicted octanol–water partition coefficient (Wildman–Crippen LogP) is 2.91. The van der Waals surface area contributed by atoms with Gasteiger partial charge in [0.1, 0.15) is 0 Å². The number of hydrogen-bond donors (Lipinski definition) is 4. The molecule has 0 spiro atoms. The topological polar surface area (TPSA) is 186 Å². The quantitative estimate of drug-likeness (QED) is 0.160. The van der Waals surface area contributed by atoms with E-state index in [1.165, 1.54) is 12.1 Å². The van der Waals surface area contributed by atoms with Crippen molar-refractivity contribution in [3.8, 4) is 11.8 Å². The summed E-state index contributed by atoms with van der Waals surface area (Å²) in [6.45, 7) is 0. The Hall–Kier alpha value is -2.51. The molecule has 0 aliphatic carbocycles. The van der Waals surface area contributed by atoms with Crippen LogP contribution in [0, 0.1) is 0 Å². The molecule has 1 aromatic carbocycles. The van der Waals surface area contributed by atoms with E-state index < -0.39 is 38.5 Å². The summed E-state index contributed by atoms with van der Waals surface area (Å²) in [5.74, 6) is -4.44. The number of carboxylic acids is 1. The summed E-state index contributed by atoms with van der Waals surface area (Å²) in [5, 5.41) is 32.5. The number of benzene rings is 1. The second kappa shape index (κ2) is 8.02. The number of carboxylic acid groups (broad SMARTS) is 1. The molecule has 0 amide bonds. The van der Waals surface area contributed by atoms with E-state index in [1.807, 2.05) is 0 Å². The minimum atomic E-state index is -5.31. The molecule has 1 atom stereocenters. The van der Waals surface area contributed by atoms with Crippen molar-refractivity contribution in [2.75, 3.05) is 5.75 Å². The largest absolute Gasteiger partial charge is 0.494 e. The van der Waals surface area contributed by atoms with Crippen LogP contribution in [0.3, 0.4) is 0 Å². The van der Waals surface area contributed by atoms with Gasteiger partial charge in [0, 0.05) is 27.6 Å². The van der Waals surface area contributed by atoms with Gasteiger partial charge in [0.2, 0.25) is 0 Å². The van der Waals surface area contributed by atoms with Gasteiger partial charge in [0.15, 0.2) is 11.8 Å². The van der Waals surface area contributed by atoms with Crippen molar-refractivity contribution in [2.24, 2.45) is 5.11 Å². The van der Waals surface area contributed by atoms with Gasteiger partial charge >= 0.3 is 16.1 Å². The molecule has 0 aliphatic heterocycles. The molecule has 2 rings (SSSR count). The number of carbonyl (C=O) groups is 1. The maximum absolute atomic E-state index is 11.9. The molecule has 0 radical (unpaired) electrons. The number of hydrogen-bond acceptors (Lipinski definition) is 8. The van der Waals surface area contributed by atoms with Crippen LogP contribution >= 0.6 is 21.6 Å². The molecule has 0 bridgehead atoms. The van der Waals surface area contributed by atoms with Crippen LogP contribution in [0.1, 0.15) is 0 Å². The second-order valence-corrected chi connectivity index (χ2v) is 8.97. The fraction of sp³-hybridized carbons (Fsp3) is 0.154. The van der Waals surface area contributed by atoms with Gasteiger partial charge < -0.3 is 15.3 Å². The van der Waals surface area contributed by atoms with Crippen molar-refractivity contribution >= 4 is 43.4 Å². The Kier molecular flexibility index (Phi) is 6.18. The molecule has 27 heavy (non-hydrogen) atoms. The van der Waals surface area contributed by atoms with Crippen LogP contribution in [-0.4, -0.2) is 44.6 Å². The van der Waals surface area contributed by atoms with Gasteiger partial charge in [0.25, 0.3) is 4.87 Å². The lowest BCUT2D eigenvalue weighted by Gasteiger charge is -2.28. The zero-order valence-electron chi connectivity index (χ0n) is 13.2. The SMILES string of the molecule is [N-]=[N+]=Nc1ccc(SSCC(C(=O)O)(n2c(O)ccc2O)S(=O)(=O)O)cc1. The van der Waals surface area contributed by atoms with Crippen molar-refractivity contribution in [1.82, 2.24) is 4.57 Å². The summed E-state index contributed by atoms with van der Waals surface area (Å²) >= 11 is 0. The zero-order valence-corrected chi connectivity index (χ0v) is 15.6. The fourth-order valence-electron chi connectivity index (χ4n) is 2.11. The standard InChI is InChI=1S/C13H12N4O7S3/c14-16-15-8-1-3-9(4-2-8)26-25-7-13(12(20)21,27(22,23)24)17-10(18)5-6-11(17)19/h1-6,18-19H,7H2,(H,20,21)(H,22,23,24). The molecule has 0 fully saturated rings. The predicted molar refractivity (Wildman–Crippen MR) is 98.5 cm³/mol. The highest BCUT2D eigenvalue weighted by Gasteiger charge is 2.55. The molecule has 144 valence electrons. The fourth-order valence-corrected chi connectivity index (χ4v) is 6.02. The molecule has 2 aromatic rings. The van der Waals surface area contributed by atoms with Gasteiger partial charge in [-0.1, -0.05) is 38.8 Å². The minimum absolute atomic E-state index is 0.225. The summed E-state index contributed by atoms with van der Waals surface area (Å²) in [4.78, 5) is 11.9. The Labute approximate surface area is 160 Å². The molecule has 1 aromatic heterocycles. The summed E-state index contributed by atoms with van der Waals surface area (Å²) in [6.07, 6.45) is 0. The van der Waals surface area contributed by atoms with Gasteiger partial charge in [-0.3, -0.25) is 4.55 Å². The average molecular weight is 432 g/mol. The highest BCUT2D eigenvalue weighted by atomic mass is 33.1. The van der Waals surface area contributed by atoms with Gasteiger partial charge in [-0.15, -0.1) is 0 Å². The van der Waals surface area contributed by atoms with Crippen LogP contribution in [0.25, 0.3) is 10.4 Å². The number of nitrogens with zero attached hydrogens (tertiary/aromatic N) is 4. The van der Waals surface area contributed by atoms with Gasteiger partial charge in [-0.25, -0.2) is 9.36 Å². The Bertz CT molecular complexity index is 980. The van der Waals surface area contributed by atoms with Crippen LogP contribution in [0.15, 0.2) is 46.4 Å². The first kappa shape index (κ1) is 20.8. The lowest BCUT2D eigenvalue weighted by atomic mass is 10.3. The smallest absolute Gasteiger partial charge is 0.349 e. The minimum Gasteiger partial charge on any atom is -0.494 e. The van der Waals surface area contributed by atoms with Crippen molar-refractivity contribution in [2.45, 2.75) is 9.77 Å². The van der Waals surface area contributed by atoms with E-state index in [9.17, 15) is 33.1 Å². The van der Waals surface area contributed by atoms with Crippen molar-refractivity contribution < 1.29 is 33.1 Å². The molecular weight excluding hydrogens is 420 g/mol. The van der Waals surface area contributed by atoms with E-state index in [-0.39, 0.29) is 4.57 Å². The monoisotopic (exact) mass is 432 g/mol. The third-order valence-electron chi connectivity index (χ3n) is 3.37. The Morgan fingerprint density at radius 3 is 2.19 bits per heavy atom. The van der Waals surface area contributed by atoms with E-state index in [4.69, 9.17) is 5.53 Å². The second-order valence-electron chi connectivity index (χ2n) is 4.98. The molecule has 1 unspecified atom stereocenters. The summed E-state index contributed by atoms with van der Waals surface area (Å²) in [5.41, 5.74) is 8.71. The lowest BCUT2D eigenvalue weighted by Crippen LogP contribution is -2.50. The maximum atomic E-state index is 11.9. The average Bonchev–Trinajstić information content (AvgIpc) is 2.91. The molecule has 0 aliphatic rings. The Balaban J connectivity index is 2.33. The van der Waals surface area contributed by atoms with E-state index in [0.717, 1.165) is 33.7 Å². The highest BCUT2D eigenvalue weighted by Crippen LogP contribution is 2.42. The first-order valence-electron chi connectivity index (χ1n) is 6.88. The molecule has 14 heteroatoms. The van der Waals surface area contributed by atoms with E-state index in [2.05, 4.69) is 10.0 Å².